The quantitative estimate of drug-likeness (QED) is 0.0741. The molecule has 0 unspecified atom stereocenters. The number of hydrogen-bond acceptors (Lipinski definition) is 3. The maximum Gasteiger partial charge on any atom is 0.243 e. The average molecular weight is 678 g/mol. The Kier molecular flexibility index (Phi) is 17.2. The molecule has 3 rings (SSSR count). The largest absolute Gasteiger partial charge is 0.493 e. The van der Waals surface area contributed by atoms with Crippen LogP contribution >= 0.6 is 0 Å². The summed E-state index contributed by atoms with van der Waals surface area (Å²) in [5.74, 6) is 0.903. The second kappa shape index (κ2) is 20.7. The number of hydrogen-bond donors (Lipinski definition) is 0. The van der Waals surface area contributed by atoms with Crippen molar-refractivity contribution in [2.24, 2.45) is 0 Å². The van der Waals surface area contributed by atoms with Crippen LogP contribution in [-0.2, 0) is 35.1 Å². The summed E-state index contributed by atoms with van der Waals surface area (Å²) < 4.78 is 38.2. The van der Waals surface area contributed by atoms with Crippen molar-refractivity contribution in [1.29, 1.82) is 0 Å². The summed E-state index contributed by atoms with van der Waals surface area (Å²) in [7, 11) is -3.75. The minimum Gasteiger partial charge on any atom is -0.493 e. The summed E-state index contributed by atoms with van der Waals surface area (Å²) >= 11 is 0. The molecule has 0 atom stereocenters. The van der Waals surface area contributed by atoms with E-state index < -0.39 is 10.0 Å². The number of sulfonamides is 1. The SMILES string of the molecule is CCCCCCCCCCCCCCCCOc1ccc(CN(Cc2cccc[n+]2CC)S(=O)(=O)c2ccc(C)cc2)cc1C(C)(C)C. The molecule has 0 saturated heterocycles. The van der Waals surface area contributed by atoms with E-state index in [0.717, 1.165) is 41.1 Å². The van der Waals surface area contributed by atoms with E-state index in [-0.39, 0.29) is 18.5 Å². The Morgan fingerprint density at radius 2 is 1.29 bits per heavy atom. The van der Waals surface area contributed by atoms with Gasteiger partial charge >= 0.3 is 0 Å². The van der Waals surface area contributed by atoms with Gasteiger partial charge in [-0.25, -0.2) is 13.0 Å². The first-order valence-electron chi connectivity index (χ1n) is 18.9. The van der Waals surface area contributed by atoms with E-state index >= 15 is 0 Å². The molecular weight excluding hydrogens is 613 g/mol. The molecule has 6 heteroatoms. The van der Waals surface area contributed by atoms with Gasteiger partial charge in [0.05, 0.1) is 18.0 Å². The van der Waals surface area contributed by atoms with Gasteiger partial charge in [0.25, 0.3) is 0 Å². The molecule has 0 bridgehead atoms. The van der Waals surface area contributed by atoms with Crippen LogP contribution in [0.15, 0.2) is 71.8 Å². The van der Waals surface area contributed by atoms with Crippen LogP contribution in [0.2, 0.25) is 0 Å². The van der Waals surface area contributed by atoms with Crippen LogP contribution in [0.5, 0.6) is 5.75 Å². The minimum atomic E-state index is -3.75. The van der Waals surface area contributed by atoms with Gasteiger partial charge in [0.15, 0.2) is 11.9 Å². The van der Waals surface area contributed by atoms with Gasteiger partial charge in [-0.05, 0) is 55.0 Å². The van der Waals surface area contributed by atoms with Crippen LogP contribution in [-0.4, -0.2) is 19.3 Å². The van der Waals surface area contributed by atoms with Crippen molar-refractivity contribution in [3.63, 3.8) is 0 Å². The summed E-state index contributed by atoms with van der Waals surface area (Å²) in [4.78, 5) is 0.316. The van der Waals surface area contributed by atoms with Crippen molar-refractivity contribution in [2.45, 2.75) is 161 Å². The van der Waals surface area contributed by atoms with E-state index in [2.05, 4.69) is 45.3 Å². The van der Waals surface area contributed by atoms with Gasteiger partial charge in [-0.1, -0.05) is 147 Å². The van der Waals surface area contributed by atoms with Crippen LogP contribution in [0.3, 0.4) is 0 Å². The third kappa shape index (κ3) is 13.3. The first-order chi connectivity index (χ1) is 23.1. The lowest BCUT2D eigenvalue weighted by molar-refractivity contribution is -0.701. The number of ether oxygens (including phenoxy) is 1. The number of benzene rings is 2. The Labute approximate surface area is 294 Å². The second-order valence-electron chi connectivity index (χ2n) is 14.6. The van der Waals surface area contributed by atoms with Crippen LogP contribution < -0.4 is 9.30 Å². The zero-order valence-electron chi connectivity index (χ0n) is 31.1. The molecule has 266 valence electrons. The van der Waals surface area contributed by atoms with Crippen LogP contribution in [0.4, 0.5) is 0 Å². The van der Waals surface area contributed by atoms with E-state index in [1.807, 2.05) is 55.6 Å². The van der Waals surface area contributed by atoms with E-state index in [1.165, 1.54) is 83.5 Å². The minimum absolute atomic E-state index is 0.147. The molecule has 0 fully saturated rings. The first kappa shape index (κ1) is 39.7. The summed E-state index contributed by atoms with van der Waals surface area (Å²) in [6.07, 6.45) is 20.8. The van der Waals surface area contributed by atoms with Crippen molar-refractivity contribution < 1.29 is 17.7 Å². The summed E-state index contributed by atoms with van der Waals surface area (Å²) in [5, 5.41) is 0. The molecule has 0 aliphatic heterocycles. The van der Waals surface area contributed by atoms with Crippen LogP contribution in [0.25, 0.3) is 0 Å². The van der Waals surface area contributed by atoms with E-state index in [1.54, 1.807) is 16.4 Å². The Morgan fingerprint density at radius 1 is 0.708 bits per heavy atom. The number of nitrogens with zero attached hydrogens (tertiary/aromatic N) is 2. The van der Waals surface area contributed by atoms with Gasteiger partial charge in [-0.2, -0.15) is 4.31 Å². The zero-order valence-corrected chi connectivity index (χ0v) is 31.9. The Morgan fingerprint density at radius 3 is 1.85 bits per heavy atom. The van der Waals surface area contributed by atoms with Crippen LogP contribution in [0.1, 0.15) is 147 Å². The maximum absolute atomic E-state index is 14.1. The first-order valence-corrected chi connectivity index (χ1v) is 20.3. The molecule has 5 nitrogen and oxygen atoms in total. The van der Waals surface area contributed by atoms with Gasteiger partial charge in [-0.3, -0.25) is 0 Å². The maximum atomic E-state index is 14.1. The molecule has 1 aromatic heterocycles. The standard InChI is InChI=1S/C42H65N2O3S/c1-7-9-10-11-12-13-14-15-16-17-18-19-20-23-32-47-41-30-27-37(33-40(41)42(4,5)6)34-44(35-38-24-21-22-31-43(38)8-2)48(45,46)39-28-25-36(3)26-29-39/h21-22,24-31,33H,7-20,23,32,34-35H2,1-6H3/q+1. The fourth-order valence-corrected chi connectivity index (χ4v) is 7.70. The lowest BCUT2D eigenvalue weighted by Crippen LogP contribution is -2.41. The topological polar surface area (TPSA) is 50.5 Å². The normalized spacial score (nSPS) is 12.1. The van der Waals surface area contributed by atoms with E-state index in [9.17, 15) is 8.42 Å². The molecule has 0 aliphatic rings. The number of aryl methyl sites for hydroxylation is 2. The highest BCUT2D eigenvalue weighted by atomic mass is 32.2. The smallest absolute Gasteiger partial charge is 0.243 e. The highest BCUT2D eigenvalue weighted by molar-refractivity contribution is 7.89. The van der Waals surface area contributed by atoms with Crippen molar-refractivity contribution >= 4 is 10.0 Å². The lowest BCUT2D eigenvalue weighted by atomic mass is 9.85. The van der Waals surface area contributed by atoms with Gasteiger partial charge in [0.1, 0.15) is 12.3 Å². The average Bonchev–Trinajstić information content (AvgIpc) is 3.06. The molecule has 0 saturated carbocycles. The molecule has 0 aliphatic carbocycles. The highest BCUT2D eigenvalue weighted by Crippen LogP contribution is 2.33. The molecule has 0 radical (unpaired) electrons. The third-order valence-corrected chi connectivity index (χ3v) is 11.1. The highest BCUT2D eigenvalue weighted by Gasteiger charge is 2.29. The number of unbranched alkanes of at least 4 members (excludes halogenated alkanes) is 13. The molecule has 1 heterocycles. The molecule has 2 aromatic carbocycles. The Balaban J connectivity index is 1.58. The van der Waals surface area contributed by atoms with E-state index in [0.29, 0.717) is 11.5 Å². The van der Waals surface area contributed by atoms with E-state index in [4.69, 9.17) is 4.74 Å². The third-order valence-electron chi connectivity index (χ3n) is 9.34. The van der Waals surface area contributed by atoms with Gasteiger partial charge in [0.2, 0.25) is 10.0 Å². The fourth-order valence-electron chi connectivity index (χ4n) is 6.30. The van der Waals surface area contributed by atoms with Crippen molar-refractivity contribution in [1.82, 2.24) is 4.31 Å². The summed E-state index contributed by atoms with van der Waals surface area (Å²) in [5.41, 5.74) is 3.91. The summed E-state index contributed by atoms with van der Waals surface area (Å²) in [6, 6.07) is 19.4. The molecule has 0 N–H and O–H groups in total. The number of rotatable bonds is 23. The molecule has 3 aromatic rings. The Hall–Kier alpha value is -2.70. The Bertz CT molecular complexity index is 1440. The predicted molar refractivity (Wildman–Crippen MR) is 201 cm³/mol. The fraction of sp³-hybridized carbons (Fsp3) is 0.595. The molecule has 48 heavy (non-hydrogen) atoms. The van der Waals surface area contributed by atoms with Crippen molar-refractivity contribution in [3.05, 3.63) is 89.2 Å². The zero-order chi connectivity index (χ0) is 34.8. The molecule has 0 amide bonds. The lowest BCUT2D eigenvalue weighted by Gasteiger charge is -2.26. The van der Waals surface area contributed by atoms with Gasteiger partial charge in [-0.15, -0.1) is 0 Å². The second-order valence-corrected chi connectivity index (χ2v) is 16.5. The predicted octanol–water partition coefficient (Wildman–Crippen LogP) is 10.9. The monoisotopic (exact) mass is 677 g/mol. The van der Waals surface area contributed by atoms with Gasteiger partial charge < -0.3 is 4.74 Å². The number of pyridine rings is 1. The molecule has 0 spiro atoms. The van der Waals surface area contributed by atoms with Crippen molar-refractivity contribution in [3.8, 4) is 5.75 Å². The summed E-state index contributed by atoms with van der Waals surface area (Å²) in [6.45, 7) is 15.0. The van der Waals surface area contributed by atoms with Crippen molar-refractivity contribution in [2.75, 3.05) is 6.61 Å². The van der Waals surface area contributed by atoms with Gasteiger partial charge in [0, 0.05) is 18.7 Å². The molecular formula is C42H65N2O3S+. The van der Waals surface area contributed by atoms with Crippen LogP contribution in [0, 0.1) is 6.92 Å². The number of aromatic nitrogens is 1.